The predicted molar refractivity (Wildman–Crippen MR) is 126 cm³/mol. The van der Waals surface area contributed by atoms with Gasteiger partial charge in [0.15, 0.2) is 0 Å². The van der Waals surface area contributed by atoms with Crippen LogP contribution in [0.2, 0.25) is 0 Å². The van der Waals surface area contributed by atoms with E-state index in [0.717, 1.165) is 5.92 Å². The van der Waals surface area contributed by atoms with Crippen LogP contribution in [-0.4, -0.2) is 0 Å². The summed E-state index contributed by atoms with van der Waals surface area (Å²) in [7, 11) is 0. The quantitative estimate of drug-likeness (QED) is 0.385. The van der Waals surface area contributed by atoms with Crippen molar-refractivity contribution in [1.29, 1.82) is 0 Å². The smallest absolute Gasteiger partial charge is 0.0500 e. The van der Waals surface area contributed by atoms with Crippen LogP contribution in [0.3, 0.4) is 0 Å². The topological polar surface area (TPSA) is 0 Å². The average Bonchev–Trinajstić information content (AvgIpc) is 2.68. The molecule has 0 saturated heterocycles. The SMILES string of the molecule is C#C.CC.CC.CC.CC.CC.CC.CC.CC(C)C.CCC. The summed E-state index contributed by atoms with van der Waals surface area (Å²) >= 11 is 0. The second kappa shape index (κ2) is 719. The van der Waals surface area contributed by atoms with Crippen LogP contribution < -0.4 is 0 Å². The summed E-state index contributed by atoms with van der Waals surface area (Å²) in [6.07, 6.45) is 9.25. The van der Waals surface area contributed by atoms with E-state index >= 15 is 0 Å². The van der Waals surface area contributed by atoms with Crippen molar-refractivity contribution in [1.82, 2.24) is 0 Å². The van der Waals surface area contributed by atoms with Crippen LogP contribution in [0.25, 0.3) is 0 Å². The highest BCUT2D eigenvalue weighted by molar-refractivity contribution is 4.47. The van der Waals surface area contributed by atoms with Crippen molar-refractivity contribution in [3.63, 3.8) is 0 Å². The summed E-state index contributed by atoms with van der Waals surface area (Å²) in [6, 6.07) is 0. The Morgan fingerprint density at radius 3 is 0.435 bits per heavy atom. The third-order valence-electron chi connectivity index (χ3n) is 0. The Hall–Kier alpha value is -0.440. The molecular formula is C23H62. The van der Waals surface area contributed by atoms with Gasteiger partial charge in [0.05, 0.1) is 0 Å². The third kappa shape index (κ3) is 42600. The molecule has 0 aliphatic rings. The largest absolute Gasteiger partial charge is 0.124 e. The molecule has 154 valence electrons. The Balaban J connectivity index is -0.0000000104. The molecule has 0 amide bonds. The monoisotopic (exact) mass is 338 g/mol. The molecule has 0 unspecified atom stereocenters. The molecule has 0 spiro atoms. The summed E-state index contributed by atoms with van der Waals surface area (Å²) in [4.78, 5) is 0. The van der Waals surface area contributed by atoms with Gasteiger partial charge in [-0.1, -0.05) is 138 Å². The van der Waals surface area contributed by atoms with E-state index in [-0.39, 0.29) is 0 Å². The van der Waals surface area contributed by atoms with Gasteiger partial charge in [-0.3, -0.25) is 0 Å². The van der Waals surface area contributed by atoms with Crippen LogP contribution >= 0.6 is 0 Å². The minimum Gasteiger partial charge on any atom is -0.124 e. The van der Waals surface area contributed by atoms with Crippen molar-refractivity contribution >= 4 is 0 Å². The average molecular weight is 339 g/mol. The van der Waals surface area contributed by atoms with E-state index in [4.69, 9.17) is 0 Å². The number of rotatable bonds is 0. The molecule has 0 N–H and O–H groups in total. The van der Waals surface area contributed by atoms with Gasteiger partial charge >= 0.3 is 0 Å². The molecule has 0 aliphatic carbocycles. The molecule has 0 aliphatic heterocycles. The van der Waals surface area contributed by atoms with Gasteiger partial charge in [-0.2, -0.15) is 0 Å². The van der Waals surface area contributed by atoms with E-state index in [2.05, 4.69) is 47.5 Å². The molecule has 0 radical (unpaired) electrons. The van der Waals surface area contributed by atoms with E-state index in [9.17, 15) is 0 Å². The lowest BCUT2D eigenvalue weighted by Crippen LogP contribution is -1.66. The second-order valence-corrected chi connectivity index (χ2v) is 2.44. The normalized spacial score (nSPS) is 4.26. The number of terminal acetylenes is 1. The first-order valence-electron chi connectivity index (χ1n) is 10.5. The lowest BCUT2D eigenvalue weighted by atomic mass is 10.3. The Morgan fingerprint density at radius 2 is 0.435 bits per heavy atom. The van der Waals surface area contributed by atoms with Crippen LogP contribution in [0.15, 0.2) is 0 Å². The zero-order chi connectivity index (χ0) is 22.3. The molecule has 0 heterocycles. The fraction of sp³-hybridized carbons (Fsp3) is 0.913. The van der Waals surface area contributed by atoms with Crippen molar-refractivity contribution in [2.24, 2.45) is 5.92 Å². The molecule has 0 aromatic carbocycles. The standard InChI is InChI=1S/C4H10.C3H8.7C2H6.C2H2/c1-4(2)3;1-3-2;8*1-2/h4H,1-3H3;3H2,1-2H3;7*1-2H3;1-2H. The summed E-state index contributed by atoms with van der Waals surface area (Å²) in [6.45, 7) is 38.8. The van der Waals surface area contributed by atoms with E-state index in [1.807, 2.05) is 96.9 Å². The molecule has 0 aromatic heterocycles. The Bertz CT molecular complexity index is 29.8. The zero-order valence-electron chi connectivity index (χ0n) is 21.4. The first-order chi connectivity index (χ1) is 11.1. The fourth-order valence-corrected chi connectivity index (χ4v) is 0. The van der Waals surface area contributed by atoms with Crippen molar-refractivity contribution in [2.75, 3.05) is 0 Å². The van der Waals surface area contributed by atoms with Gasteiger partial charge in [0, 0.05) is 0 Å². The summed E-state index contributed by atoms with van der Waals surface area (Å²) in [5.74, 6) is 0.833. The van der Waals surface area contributed by atoms with Gasteiger partial charge in [-0.05, 0) is 5.92 Å². The second-order valence-electron chi connectivity index (χ2n) is 2.44. The van der Waals surface area contributed by atoms with Crippen LogP contribution in [0, 0.1) is 18.8 Å². The maximum absolute atomic E-state index is 4.00. The number of hydrogen-bond donors (Lipinski definition) is 0. The van der Waals surface area contributed by atoms with Crippen LogP contribution in [0.4, 0.5) is 0 Å². The molecule has 23 heavy (non-hydrogen) atoms. The molecule has 0 aromatic rings. The molecule has 0 heteroatoms. The highest BCUT2D eigenvalue weighted by Gasteiger charge is 1.68. The molecule has 0 nitrogen and oxygen atoms in total. The molecular weight excluding hydrogens is 276 g/mol. The van der Waals surface area contributed by atoms with Gasteiger partial charge in [0.25, 0.3) is 0 Å². The van der Waals surface area contributed by atoms with Crippen LogP contribution in [0.1, 0.15) is 138 Å². The lowest BCUT2D eigenvalue weighted by Gasteiger charge is -1.79. The van der Waals surface area contributed by atoms with Crippen molar-refractivity contribution in [3.05, 3.63) is 0 Å². The van der Waals surface area contributed by atoms with Gasteiger partial charge in [0.2, 0.25) is 0 Å². The van der Waals surface area contributed by atoms with E-state index in [1.165, 1.54) is 6.42 Å². The maximum Gasteiger partial charge on any atom is -0.0500 e. The summed E-state index contributed by atoms with van der Waals surface area (Å²) < 4.78 is 0. The number of hydrogen-bond acceptors (Lipinski definition) is 0. The molecule has 0 atom stereocenters. The fourth-order valence-electron chi connectivity index (χ4n) is 0. The van der Waals surface area contributed by atoms with Crippen molar-refractivity contribution < 1.29 is 0 Å². The highest BCUT2D eigenvalue weighted by atomic mass is 13.7. The van der Waals surface area contributed by atoms with E-state index in [0.29, 0.717) is 0 Å². The molecule has 0 saturated carbocycles. The summed E-state index contributed by atoms with van der Waals surface area (Å²) in [5.41, 5.74) is 0. The molecule has 0 bridgehead atoms. The molecule has 0 rings (SSSR count). The zero-order valence-corrected chi connectivity index (χ0v) is 21.4. The molecule has 0 fully saturated rings. The van der Waals surface area contributed by atoms with Gasteiger partial charge < -0.3 is 0 Å². The Labute approximate surface area is 157 Å². The minimum absolute atomic E-state index is 0.833. The highest BCUT2D eigenvalue weighted by Crippen LogP contribution is 1.81. The van der Waals surface area contributed by atoms with E-state index in [1.54, 1.807) is 0 Å². The predicted octanol–water partition coefficient (Wildman–Crippen LogP) is 10.5. The van der Waals surface area contributed by atoms with Gasteiger partial charge in [-0.25, -0.2) is 0 Å². The van der Waals surface area contributed by atoms with Gasteiger partial charge in [0.1, 0.15) is 0 Å². The first kappa shape index (κ1) is 66.5. The minimum atomic E-state index is 0.833. The van der Waals surface area contributed by atoms with Crippen molar-refractivity contribution in [2.45, 2.75) is 138 Å². The Kier molecular flexibility index (Phi) is 2080. The maximum atomic E-state index is 4.00. The first-order valence-corrected chi connectivity index (χ1v) is 10.5. The van der Waals surface area contributed by atoms with Crippen LogP contribution in [0.5, 0.6) is 0 Å². The van der Waals surface area contributed by atoms with Crippen LogP contribution in [-0.2, 0) is 0 Å². The van der Waals surface area contributed by atoms with E-state index < -0.39 is 0 Å². The Morgan fingerprint density at radius 1 is 0.435 bits per heavy atom. The van der Waals surface area contributed by atoms with Gasteiger partial charge in [-0.15, -0.1) is 12.8 Å². The third-order valence-corrected chi connectivity index (χ3v) is 0. The lowest BCUT2D eigenvalue weighted by molar-refractivity contribution is 0.737. The summed E-state index contributed by atoms with van der Waals surface area (Å²) in [5, 5.41) is 0. The van der Waals surface area contributed by atoms with Crippen molar-refractivity contribution in [3.8, 4) is 12.8 Å².